The Morgan fingerprint density at radius 2 is 1.88 bits per heavy atom. The third-order valence-electron chi connectivity index (χ3n) is 2.19. The van der Waals surface area contributed by atoms with E-state index in [1.54, 1.807) is 11.8 Å². The third-order valence-corrected chi connectivity index (χ3v) is 3.54. The van der Waals surface area contributed by atoms with Gasteiger partial charge in [0.1, 0.15) is 0 Å². The summed E-state index contributed by atoms with van der Waals surface area (Å²) >= 11 is 7.52. The van der Waals surface area contributed by atoms with Crippen LogP contribution in [0.5, 0.6) is 0 Å². The van der Waals surface area contributed by atoms with Gasteiger partial charge < -0.3 is 0 Å². The normalized spacial score (nSPS) is 10.3. The molecular formula is C13H12ClNS. The Kier molecular flexibility index (Phi) is 4.25. The molecule has 0 aliphatic rings. The highest BCUT2D eigenvalue weighted by Gasteiger charge is 1.97. The number of hydrogen-bond donors (Lipinski definition) is 0. The number of nitrogens with zero attached hydrogens (tertiary/aromatic N) is 1. The maximum atomic E-state index is 5.74. The summed E-state index contributed by atoms with van der Waals surface area (Å²) in [6.45, 7) is 0. The Hall–Kier alpha value is -0.990. The molecule has 2 rings (SSSR count). The van der Waals surface area contributed by atoms with Crippen molar-refractivity contribution in [2.45, 2.75) is 16.5 Å². The van der Waals surface area contributed by atoms with E-state index in [2.05, 4.69) is 29.2 Å². The Morgan fingerprint density at radius 3 is 2.50 bits per heavy atom. The maximum Gasteiger partial charge on any atom is 0.0506 e. The Morgan fingerprint density at radius 1 is 1.06 bits per heavy atom. The van der Waals surface area contributed by atoms with E-state index in [0.717, 1.165) is 17.0 Å². The molecule has 0 radical (unpaired) electrons. The third kappa shape index (κ3) is 3.26. The van der Waals surface area contributed by atoms with Gasteiger partial charge >= 0.3 is 0 Å². The lowest BCUT2D eigenvalue weighted by atomic mass is 10.2. The second-order valence-corrected chi connectivity index (χ2v) is 4.70. The van der Waals surface area contributed by atoms with Gasteiger partial charge in [0.15, 0.2) is 0 Å². The van der Waals surface area contributed by atoms with E-state index in [0.29, 0.717) is 5.88 Å². The molecule has 1 nitrogen and oxygen atoms in total. The highest BCUT2D eigenvalue weighted by atomic mass is 35.5. The van der Waals surface area contributed by atoms with Gasteiger partial charge in [0.2, 0.25) is 0 Å². The van der Waals surface area contributed by atoms with Crippen molar-refractivity contribution >= 4 is 23.4 Å². The first kappa shape index (κ1) is 11.5. The maximum absolute atomic E-state index is 5.74. The number of alkyl halides is 1. The molecule has 0 bridgehead atoms. The van der Waals surface area contributed by atoms with Crippen molar-refractivity contribution in [2.24, 2.45) is 0 Å². The average Bonchev–Trinajstić information content (AvgIpc) is 2.38. The predicted octanol–water partition coefficient (Wildman–Crippen LogP) is 4.11. The average molecular weight is 250 g/mol. The van der Waals surface area contributed by atoms with Gasteiger partial charge in [0.25, 0.3) is 0 Å². The Labute approximate surface area is 105 Å². The number of thioether (sulfide) groups is 1. The van der Waals surface area contributed by atoms with E-state index in [1.165, 1.54) is 4.90 Å². The van der Waals surface area contributed by atoms with Crippen molar-refractivity contribution in [3.05, 3.63) is 59.9 Å². The molecule has 1 heterocycles. The van der Waals surface area contributed by atoms with Gasteiger partial charge in [0, 0.05) is 22.7 Å². The lowest BCUT2D eigenvalue weighted by Gasteiger charge is -2.02. The zero-order chi connectivity index (χ0) is 11.2. The molecule has 3 heteroatoms. The van der Waals surface area contributed by atoms with Gasteiger partial charge in [-0.3, -0.25) is 4.98 Å². The van der Waals surface area contributed by atoms with Crippen molar-refractivity contribution in [1.82, 2.24) is 4.98 Å². The van der Waals surface area contributed by atoms with Crippen LogP contribution >= 0.6 is 23.4 Å². The molecule has 0 saturated heterocycles. The van der Waals surface area contributed by atoms with E-state index >= 15 is 0 Å². The molecule has 0 aliphatic carbocycles. The van der Waals surface area contributed by atoms with E-state index in [-0.39, 0.29) is 0 Å². The minimum Gasteiger partial charge on any atom is -0.260 e. The van der Waals surface area contributed by atoms with Gasteiger partial charge in [-0.2, -0.15) is 0 Å². The molecule has 0 spiro atoms. The van der Waals surface area contributed by atoms with Crippen LogP contribution < -0.4 is 0 Å². The summed E-state index contributed by atoms with van der Waals surface area (Å²) in [4.78, 5) is 5.54. The van der Waals surface area contributed by atoms with Gasteiger partial charge in [-0.15, -0.1) is 23.4 Å². The summed E-state index contributed by atoms with van der Waals surface area (Å²) in [6, 6.07) is 14.3. The molecule has 2 aromatic rings. The predicted molar refractivity (Wildman–Crippen MR) is 69.8 cm³/mol. The molecule has 1 aromatic carbocycles. The first-order valence-corrected chi connectivity index (χ1v) is 6.58. The van der Waals surface area contributed by atoms with E-state index in [4.69, 9.17) is 11.6 Å². The van der Waals surface area contributed by atoms with E-state index in [1.807, 2.05) is 24.4 Å². The minimum atomic E-state index is 0.575. The number of aromatic nitrogens is 1. The molecule has 0 fully saturated rings. The Bertz CT molecular complexity index is 427. The molecule has 0 atom stereocenters. The summed E-state index contributed by atoms with van der Waals surface area (Å²) in [5, 5.41) is 0. The van der Waals surface area contributed by atoms with Crippen molar-refractivity contribution in [3.63, 3.8) is 0 Å². The molecular weight excluding hydrogens is 238 g/mol. The Balaban J connectivity index is 1.94. The van der Waals surface area contributed by atoms with Gasteiger partial charge in [-0.1, -0.05) is 18.2 Å². The van der Waals surface area contributed by atoms with Crippen molar-refractivity contribution < 1.29 is 0 Å². The van der Waals surface area contributed by atoms with E-state index in [9.17, 15) is 0 Å². The van der Waals surface area contributed by atoms with Crippen molar-refractivity contribution in [3.8, 4) is 0 Å². The number of hydrogen-bond acceptors (Lipinski definition) is 2. The van der Waals surface area contributed by atoms with Crippen LogP contribution in [0.4, 0.5) is 0 Å². The molecule has 0 amide bonds. The highest BCUT2D eigenvalue weighted by Crippen LogP contribution is 2.22. The van der Waals surface area contributed by atoms with Crippen LogP contribution in [0, 0.1) is 0 Å². The zero-order valence-electron chi connectivity index (χ0n) is 8.77. The molecule has 0 N–H and O–H groups in total. The minimum absolute atomic E-state index is 0.575. The molecule has 16 heavy (non-hydrogen) atoms. The molecule has 0 unspecified atom stereocenters. The lowest BCUT2D eigenvalue weighted by Crippen LogP contribution is -1.84. The zero-order valence-corrected chi connectivity index (χ0v) is 10.3. The van der Waals surface area contributed by atoms with Crippen LogP contribution in [0.1, 0.15) is 11.3 Å². The van der Waals surface area contributed by atoms with Gasteiger partial charge in [-0.25, -0.2) is 0 Å². The SMILES string of the molecule is ClCc1ccc(SCc2ccccn2)cc1. The van der Waals surface area contributed by atoms with E-state index < -0.39 is 0 Å². The monoisotopic (exact) mass is 249 g/mol. The summed E-state index contributed by atoms with van der Waals surface area (Å²) in [5.74, 6) is 1.48. The van der Waals surface area contributed by atoms with Crippen LogP contribution in [0.2, 0.25) is 0 Å². The van der Waals surface area contributed by atoms with Crippen molar-refractivity contribution in [1.29, 1.82) is 0 Å². The van der Waals surface area contributed by atoms with Gasteiger partial charge in [-0.05, 0) is 29.8 Å². The van der Waals surface area contributed by atoms with Gasteiger partial charge in [0.05, 0.1) is 5.69 Å². The molecule has 0 aliphatic heterocycles. The van der Waals surface area contributed by atoms with Crippen LogP contribution in [0.15, 0.2) is 53.6 Å². The fourth-order valence-corrected chi connectivity index (χ4v) is 2.31. The van der Waals surface area contributed by atoms with Crippen molar-refractivity contribution in [2.75, 3.05) is 0 Å². The highest BCUT2D eigenvalue weighted by molar-refractivity contribution is 7.98. The summed E-state index contributed by atoms with van der Waals surface area (Å²) in [7, 11) is 0. The summed E-state index contributed by atoms with van der Waals surface area (Å²) in [6.07, 6.45) is 1.83. The fraction of sp³-hybridized carbons (Fsp3) is 0.154. The van der Waals surface area contributed by atoms with Crippen LogP contribution in [0.3, 0.4) is 0 Å². The molecule has 0 saturated carbocycles. The number of halogens is 1. The van der Waals surface area contributed by atoms with Crippen LogP contribution in [-0.4, -0.2) is 4.98 Å². The van der Waals surface area contributed by atoms with Crippen LogP contribution in [0.25, 0.3) is 0 Å². The largest absolute Gasteiger partial charge is 0.260 e. The smallest absolute Gasteiger partial charge is 0.0506 e. The summed E-state index contributed by atoms with van der Waals surface area (Å²) < 4.78 is 0. The first-order chi connectivity index (χ1) is 7.88. The van der Waals surface area contributed by atoms with Crippen LogP contribution in [-0.2, 0) is 11.6 Å². The lowest BCUT2D eigenvalue weighted by molar-refractivity contribution is 1.17. The number of pyridine rings is 1. The number of rotatable bonds is 4. The quantitative estimate of drug-likeness (QED) is 0.597. The topological polar surface area (TPSA) is 12.9 Å². The molecule has 1 aromatic heterocycles. The standard InChI is InChI=1S/C13H12ClNS/c14-9-11-4-6-13(7-5-11)16-10-12-3-1-2-8-15-12/h1-8H,9-10H2. The molecule has 82 valence electrons. The number of benzene rings is 1. The first-order valence-electron chi connectivity index (χ1n) is 5.06. The fourth-order valence-electron chi connectivity index (χ4n) is 1.32. The summed E-state index contributed by atoms with van der Waals surface area (Å²) in [5.41, 5.74) is 2.26. The second-order valence-electron chi connectivity index (χ2n) is 3.39. The second kappa shape index (κ2) is 5.92.